The predicted molar refractivity (Wildman–Crippen MR) is 102 cm³/mol. The summed E-state index contributed by atoms with van der Waals surface area (Å²) in [6, 6.07) is 0.363. The molecule has 1 heterocycles. The molecule has 0 aliphatic carbocycles. The second-order valence-corrected chi connectivity index (χ2v) is 7.05. The van der Waals surface area contributed by atoms with Gasteiger partial charge in [0.05, 0.1) is 6.54 Å². The average Bonchev–Trinajstić information content (AvgIpc) is 2.63. The molecule has 0 aromatic heterocycles. The van der Waals surface area contributed by atoms with Gasteiger partial charge >= 0.3 is 0 Å². The summed E-state index contributed by atoms with van der Waals surface area (Å²) in [4.78, 5) is 18.0. The normalized spacial score (nSPS) is 13.7. The van der Waals surface area contributed by atoms with Crippen LogP contribution < -0.4 is 0 Å². The molecular formula is C19H34N2O2. The van der Waals surface area contributed by atoms with Crippen LogP contribution in [0, 0.1) is 5.92 Å². The van der Waals surface area contributed by atoms with E-state index in [1.54, 1.807) is 0 Å². The number of nitrogens with zero attached hydrogens (tertiary/aromatic N) is 2. The minimum atomic E-state index is -0.318. The molecule has 0 N–H and O–H groups in total. The lowest BCUT2D eigenvalue weighted by atomic mass is 10.2. The standard InChI is InChI=1S/C10H14N2.C5H10O2.C4H10/c1-9(2)12-8-10-5-3-4-6-11-7-10;1-5(2,3)7-4-6;1-4(2)3/h3-6,8-9H,7H2,1-2H3;4H,1-3H3;4H,1-3H3. The van der Waals surface area contributed by atoms with Crippen molar-refractivity contribution in [1.29, 1.82) is 0 Å². The monoisotopic (exact) mass is 322 g/mol. The molecule has 0 amide bonds. The van der Waals surface area contributed by atoms with Crippen LogP contribution in [-0.2, 0) is 9.53 Å². The molecule has 0 fully saturated rings. The van der Waals surface area contributed by atoms with Gasteiger partial charge in [-0.1, -0.05) is 32.9 Å². The molecular weight excluding hydrogens is 288 g/mol. The Morgan fingerprint density at radius 1 is 1.17 bits per heavy atom. The van der Waals surface area contributed by atoms with Gasteiger partial charge < -0.3 is 4.74 Å². The van der Waals surface area contributed by atoms with Crippen molar-refractivity contribution in [1.82, 2.24) is 0 Å². The first-order chi connectivity index (χ1) is 10.6. The van der Waals surface area contributed by atoms with Gasteiger partial charge in [0, 0.05) is 18.5 Å². The van der Waals surface area contributed by atoms with Gasteiger partial charge in [0.15, 0.2) is 0 Å². The lowest BCUT2D eigenvalue weighted by molar-refractivity contribution is -0.138. The minimum absolute atomic E-state index is 0.318. The number of carbonyl (C=O) groups is 1. The lowest BCUT2D eigenvalue weighted by Crippen LogP contribution is -2.17. The van der Waals surface area contributed by atoms with Gasteiger partial charge in [-0.15, -0.1) is 0 Å². The minimum Gasteiger partial charge on any atom is -0.462 e. The van der Waals surface area contributed by atoms with E-state index in [2.05, 4.69) is 49.3 Å². The van der Waals surface area contributed by atoms with Gasteiger partial charge in [-0.25, -0.2) is 0 Å². The predicted octanol–water partition coefficient (Wildman–Crippen LogP) is 4.65. The Bertz CT molecular complexity index is 409. The van der Waals surface area contributed by atoms with Crippen LogP contribution in [0.2, 0.25) is 0 Å². The average molecular weight is 322 g/mol. The molecule has 4 nitrogen and oxygen atoms in total. The van der Waals surface area contributed by atoms with E-state index in [4.69, 9.17) is 0 Å². The molecule has 23 heavy (non-hydrogen) atoms. The van der Waals surface area contributed by atoms with Crippen molar-refractivity contribution in [2.45, 2.75) is 67.0 Å². The highest BCUT2D eigenvalue weighted by molar-refractivity contribution is 5.82. The Labute approximate surface area is 142 Å². The fourth-order valence-electron chi connectivity index (χ4n) is 0.974. The zero-order chi connectivity index (χ0) is 18.3. The van der Waals surface area contributed by atoms with E-state index in [1.807, 2.05) is 51.4 Å². The van der Waals surface area contributed by atoms with E-state index in [-0.39, 0.29) is 5.60 Å². The third-order valence-corrected chi connectivity index (χ3v) is 1.83. The van der Waals surface area contributed by atoms with Gasteiger partial charge in [0.1, 0.15) is 5.60 Å². The lowest BCUT2D eigenvalue weighted by Gasteiger charge is -2.14. The van der Waals surface area contributed by atoms with E-state index in [1.165, 1.54) is 0 Å². The Balaban J connectivity index is 0. The number of allylic oxidation sites excluding steroid dienone is 3. The molecule has 1 aliphatic heterocycles. The molecule has 0 radical (unpaired) electrons. The fraction of sp³-hybridized carbons (Fsp3) is 0.632. The van der Waals surface area contributed by atoms with Crippen LogP contribution in [0.1, 0.15) is 55.4 Å². The molecule has 0 spiro atoms. The number of hydrogen-bond donors (Lipinski definition) is 0. The summed E-state index contributed by atoms with van der Waals surface area (Å²) >= 11 is 0. The Morgan fingerprint density at radius 2 is 1.74 bits per heavy atom. The van der Waals surface area contributed by atoms with Crippen LogP contribution in [0.15, 0.2) is 33.8 Å². The zero-order valence-electron chi connectivity index (χ0n) is 16.0. The smallest absolute Gasteiger partial charge is 0.293 e. The molecule has 0 saturated carbocycles. The first-order valence-electron chi connectivity index (χ1n) is 8.08. The largest absolute Gasteiger partial charge is 0.462 e. The number of ether oxygens (including phenoxy) is 1. The van der Waals surface area contributed by atoms with Gasteiger partial charge in [-0.2, -0.15) is 0 Å². The van der Waals surface area contributed by atoms with Crippen LogP contribution in [0.25, 0.3) is 0 Å². The van der Waals surface area contributed by atoms with Crippen LogP contribution in [0.3, 0.4) is 0 Å². The molecule has 132 valence electrons. The van der Waals surface area contributed by atoms with Crippen molar-refractivity contribution >= 4 is 18.9 Å². The second kappa shape index (κ2) is 13.9. The fourth-order valence-corrected chi connectivity index (χ4v) is 0.974. The van der Waals surface area contributed by atoms with Gasteiger partial charge in [0.25, 0.3) is 6.47 Å². The first kappa shape index (κ1) is 23.6. The zero-order valence-corrected chi connectivity index (χ0v) is 16.0. The summed E-state index contributed by atoms with van der Waals surface area (Å²) in [6.45, 7) is 17.3. The summed E-state index contributed by atoms with van der Waals surface area (Å²) < 4.78 is 4.55. The summed E-state index contributed by atoms with van der Waals surface area (Å²) in [5.41, 5.74) is 0.843. The van der Waals surface area contributed by atoms with Gasteiger partial charge in [-0.05, 0) is 52.2 Å². The maximum atomic E-state index is 9.60. The highest BCUT2D eigenvalue weighted by atomic mass is 16.5. The Hall–Kier alpha value is -1.71. The molecule has 1 rings (SSSR count). The number of carbonyl (C=O) groups excluding carboxylic acids is 1. The molecule has 0 unspecified atom stereocenters. The van der Waals surface area contributed by atoms with Crippen LogP contribution in [-0.4, -0.2) is 37.1 Å². The Kier molecular flexibility index (Phi) is 14.3. The van der Waals surface area contributed by atoms with E-state index in [9.17, 15) is 4.79 Å². The third kappa shape index (κ3) is 25.6. The highest BCUT2D eigenvalue weighted by Crippen LogP contribution is 2.02. The third-order valence-electron chi connectivity index (χ3n) is 1.83. The Morgan fingerprint density at radius 3 is 2.13 bits per heavy atom. The molecule has 0 aromatic rings. The molecule has 0 bridgehead atoms. The van der Waals surface area contributed by atoms with Crippen LogP contribution in [0.5, 0.6) is 0 Å². The molecule has 0 saturated heterocycles. The summed E-state index contributed by atoms with van der Waals surface area (Å²) in [7, 11) is 0. The maximum Gasteiger partial charge on any atom is 0.293 e. The van der Waals surface area contributed by atoms with E-state index in [0.29, 0.717) is 12.5 Å². The van der Waals surface area contributed by atoms with E-state index in [0.717, 1.165) is 18.0 Å². The molecule has 0 atom stereocenters. The van der Waals surface area contributed by atoms with Crippen molar-refractivity contribution < 1.29 is 9.53 Å². The summed E-state index contributed by atoms with van der Waals surface area (Å²) in [5, 5.41) is 0. The molecule has 0 aromatic carbocycles. The first-order valence-corrected chi connectivity index (χ1v) is 8.08. The molecule has 1 aliphatic rings. The SMILES string of the molecule is CC(C)(C)OC=O.CC(C)C.CC(C)N=CC1=CC=CC=NC1. The number of hydrogen-bond acceptors (Lipinski definition) is 4. The second-order valence-electron chi connectivity index (χ2n) is 7.05. The van der Waals surface area contributed by atoms with Crippen molar-refractivity contribution in [3.63, 3.8) is 0 Å². The van der Waals surface area contributed by atoms with Gasteiger partial charge in [0.2, 0.25) is 0 Å². The van der Waals surface area contributed by atoms with Crippen LogP contribution in [0.4, 0.5) is 0 Å². The van der Waals surface area contributed by atoms with Gasteiger partial charge in [-0.3, -0.25) is 14.8 Å². The highest BCUT2D eigenvalue weighted by Gasteiger charge is 2.07. The topological polar surface area (TPSA) is 51.0 Å². The number of rotatable bonds is 3. The quantitative estimate of drug-likeness (QED) is 0.561. The summed E-state index contributed by atoms with van der Waals surface area (Å²) in [5.74, 6) is 0.833. The maximum absolute atomic E-state index is 9.60. The van der Waals surface area contributed by atoms with Crippen molar-refractivity contribution in [2.24, 2.45) is 15.9 Å². The van der Waals surface area contributed by atoms with E-state index >= 15 is 0 Å². The van der Waals surface area contributed by atoms with Crippen molar-refractivity contribution in [3.8, 4) is 0 Å². The van der Waals surface area contributed by atoms with Crippen molar-refractivity contribution in [2.75, 3.05) is 6.54 Å². The summed E-state index contributed by atoms with van der Waals surface area (Å²) in [6.07, 6.45) is 9.66. The number of aliphatic imine (C=N–C) groups is 2. The molecule has 4 heteroatoms. The van der Waals surface area contributed by atoms with Crippen molar-refractivity contribution in [3.05, 3.63) is 23.8 Å². The van der Waals surface area contributed by atoms with E-state index < -0.39 is 0 Å². The van der Waals surface area contributed by atoms with Crippen LogP contribution >= 0.6 is 0 Å².